The van der Waals surface area contributed by atoms with E-state index in [1.807, 2.05) is 24.3 Å². The lowest BCUT2D eigenvalue weighted by atomic mass is 9.95. The van der Waals surface area contributed by atoms with Crippen LogP contribution >= 0.6 is 27.5 Å². The number of rotatable bonds is 5. The highest BCUT2D eigenvalue weighted by molar-refractivity contribution is 9.10. The molecule has 0 aromatic heterocycles. The van der Waals surface area contributed by atoms with Crippen molar-refractivity contribution >= 4 is 39.1 Å². The van der Waals surface area contributed by atoms with Gasteiger partial charge in [0.1, 0.15) is 11.5 Å². The Morgan fingerprint density at radius 2 is 1.75 bits per heavy atom. The lowest BCUT2D eigenvalue weighted by molar-refractivity contribution is -0.118. The van der Waals surface area contributed by atoms with Crippen molar-refractivity contribution in [3.05, 3.63) is 51.5 Å². The third-order valence-corrected chi connectivity index (χ3v) is 5.13. The molecule has 0 atom stereocenters. The summed E-state index contributed by atoms with van der Waals surface area (Å²) in [6, 6.07) is 11.2. The maximum atomic E-state index is 12.9. The second-order valence-corrected chi connectivity index (χ2v) is 7.05. The molecule has 0 radical (unpaired) electrons. The molecule has 2 aromatic carbocycles. The number of amides is 1. The lowest BCUT2D eigenvalue weighted by Gasteiger charge is -2.18. The molecule has 1 amide bonds. The Morgan fingerprint density at radius 1 is 1.12 bits per heavy atom. The fourth-order valence-electron chi connectivity index (χ4n) is 2.74. The number of halogens is 2. The van der Waals surface area contributed by atoms with Crippen molar-refractivity contribution in [1.82, 2.24) is 0 Å². The van der Waals surface area contributed by atoms with Crippen LogP contribution in [-0.2, 0) is 10.2 Å². The fourth-order valence-corrected chi connectivity index (χ4v) is 3.25. The summed E-state index contributed by atoms with van der Waals surface area (Å²) in [6.07, 6.45) is 1.65. The second kappa shape index (κ2) is 6.65. The molecule has 1 fully saturated rings. The summed E-state index contributed by atoms with van der Waals surface area (Å²) in [5.41, 5.74) is 1.08. The Labute approximate surface area is 154 Å². The normalized spacial score (nSPS) is 14.8. The van der Waals surface area contributed by atoms with Gasteiger partial charge in [0.2, 0.25) is 5.91 Å². The minimum atomic E-state index is -0.474. The van der Waals surface area contributed by atoms with Crippen molar-refractivity contribution in [2.45, 2.75) is 18.3 Å². The van der Waals surface area contributed by atoms with Crippen LogP contribution in [0.4, 0.5) is 5.69 Å². The Balaban J connectivity index is 1.87. The third kappa shape index (κ3) is 3.10. The average molecular weight is 411 g/mol. The molecule has 1 N–H and O–H groups in total. The van der Waals surface area contributed by atoms with Crippen LogP contribution in [0.15, 0.2) is 40.9 Å². The summed E-state index contributed by atoms with van der Waals surface area (Å²) in [5.74, 6) is 0.959. The van der Waals surface area contributed by atoms with Gasteiger partial charge in [0, 0.05) is 10.5 Å². The Morgan fingerprint density at radius 3 is 2.29 bits per heavy atom. The number of hydrogen-bond acceptors (Lipinski definition) is 3. The van der Waals surface area contributed by atoms with Gasteiger partial charge in [-0.05, 0) is 36.6 Å². The molecule has 0 heterocycles. The number of nitrogens with one attached hydrogen (secondary N) is 1. The quantitative estimate of drug-likeness (QED) is 0.771. The fraction of sp³-hybridized carbons (Fsp3) is 0.278. The smallest absolute Gasteiger partial charge is 0.235 e. The number of carbonyl (C=O) groups is 1. The number of benzene rings is 2. The largest absolute Gasteiger partial charge is 0.495 e. The summed E-state index contributed by atoms with van der Waals surface area (Å²) in [4.78, 5) is 12.9. The molecular formula is C18H17BrClNO3. The summed E-state index contributed by atoms with van der Waals surface area (Å²) >= 11 is 9.59. The van der Waals surface area contributed by atoms with E-state index in [-0.39, 0.29) is 5.91 Å². The van der Waals surface area contributed by atoms with Crippen LogP contribution in [0, 0.1) is 0 Å². The Bertz CT molecular complexity index is 773. The lowest BCUT2D eigenvalue weighted by Crippen LogP contribution is -2.28. The summed E-state index contributed by atoms with van der Waals surface area (Å²) in [5, 5.41) is 3.37. The zero-order valence-corrected chi connectivity index (χ0v) is 15.7. The van der Waals surface area contributed by atoms with Gasteiger partial charge in [-0.2, -0.15) is 0 Å². The highest BCUT2D eigenvalue weighted by Crippen LogP contribution is 2.49. The summed E-state index contributed by atoms with van der Waals surface area (Å²) < 4.78 is 11.5. The van der Waals surface area contributed by atoms with Crippen LogP contribution in [0.2, 0.25) is 5.02 Å². The van der Waals surface area contributed by atoms with Crippen LogP contribution in [0.5, 0.6) is 11.5 Å². The Kier molecular flexibility index (Phi) is 4.74. The first-order chi connectivity index (χ1) is 11.5. The molecule has 0 aliphatic heterocycles. The average Bonchev–Trinajstić information content (AvgIpc) is 3.37. The van der Waals surface area contributed by atoms with Crippen molar-refractivity contribution in [3.8, 4) is 11.5 Å². The van der Waals surface area contributed by atoms with Crippen molar-refractivity contribution in [2.24, 2.45) is 0 Å². The predicted octanol–water partition coefficient (Wildman–Crippen LogP) is 4.79. The van der Waals surface area contributed by atoms with E-state index in [4.69, 9.17) is 21.1 Å². The minimum absolute atomic E-state index is 0.0515. The van der Waals surface area contributed by atoms with Gasteiger partial charge in [0.15, 0.2) is 0 Å². The van der Waals surface area contributed by atoms with Gasteiger partial charge in [0.25, 0.3) is 0 Å². The molecule has 0 spiro atoms. The minimum Gasteiger partial charge on any atom is -0.495 e. The number of methoxy groups -OCH3 is 2. The third-order valence-electron chi connectivity index (χ3n) is 4.30. The molecule has 24 heavy (non-hydrogen) atoms. The summed E-state index contributed by atoms with van der Waals surface area (Å²) in [6.45, 7) is 0. The van der Waals surface area contributed by atoms with Crippen molar-refractivity contribution < 1.29 is 14.3 Å². The van der Waals surface area contributed by atoms with E-state index < -0.39 is 5.41 Å². The van der Waals surface area contributed by atoms with Crippen molar-refractivity contribution in [1.29, 1.82) is 0 Å². The monoisotopic (exact) mass is 409 g/mol. The maximum Gasteiger partial charge on any atom is 0.235 e. The standard InChI is InChI=1S/C18H17BrClNO3/c1-23-15-10-16(24-2)14(9-13(15)20)21-17(22)18(7-8-18)11-3-5-12(19)6-4-11/h3-6,9-10H,7-8H2,1-2H3,(H,21,22). The first-order valence-corrected chi connectivity index (χ1v) is 8.66. The molecule has 6 heteroatoms. The van der Waals surface area contributed by atoms with Gasteiger partial charge < -0.3 is 14.8 Å². The molecule has 126 valence electrons. The predicted molar refractivity (Wildman–Crippen MR) is 98.2 cm³/mol. The zero-order chi connectivity index (χ0) is 17.3. The number of carbonyl (C=O) groups excluding carboxylic acids is 1. The topological polar surface area (TPSA) is 47.6 Å². The molecule has 0 unspecified atom stereocenters. The van der Waals surface area contributed by atoms with Crippen molar-refractivity contribution in [2.75, 3.05) is 19.5 Å². The molecular weight excluding hydrogens is 394 g/mol. The van der Waals surface area contributed by atoms with E-state index in [0.29, 0.717) is 22.2 Å². The van der Waals surface area contributed by atoms with Crippen LogP contribution in [-0.4, -0.2) is 20.1 Å². The molecule has 1 aliphatic carbocycles. The molecule has 4 nitrogen and oxygen atoms in total. The van der Waals surface area contributed by atoms with Gasteiger partial charge in [-0.3, -0.25) is 4.79 Å². The number of hydrogen-bond donors (Lipinski definition) is 1. The summed E-state index contributed by atoms with van der Waals surface area (Å²) in [7, 11) is 3.07. The van der Waals surface area contributed by atoms with E-state index in [1.165, 1.54) is 7.11 Å². The van der Waals surface area contributed by atoms with E-state index >= 15 is 0 Å². The van der Waals surface area contributed by atoms with E-state index in [0.717, 1.165) is 22.9 Å². The van der Waals surface area contributed by atoms with Crippen LogP contribution in [0.25, 0.3) is 0 Å². The highest BCUT2D eigenvalue weighted by Gasteiger charge is 2.51. The van der Waals surface area contributed by atoms with Gasteiger partial charge >= 0.3 is 0 Å². The SMILES string of the molecule is COc1cc(OC)c(NC(=O)C2(c3ccc(Br)cc3)CC2)cc1Cl. The van der Waals surface area contributed by atoms with Crippen molar-refractivity contribution in [3.63, 3.8) is 0 Å². The zero-order valence-electron chi connectivity index (χ0n) is 13.4. The van der Waals surface area contributed by atoms with Gasteiger partial charge in [-0.1, -0.05) is 39.7 Å². The molecule has 1 aliphatic rings. The number of ether oxygens (including phenoxy) is 2. The first kappa shape index (κ1) is 17.1. The second-order valence-electron chi connectivity index (χ2n) is 5.73. The van der Waals surface area contributed by atoms with E-state index in [1.54, 1.807) is 19.2 Å². The van der Waals surface area contributed by atoms with Gasteiger partial charge in [-0.15, -0.1) is 0 Å². The maximum absolute atomic E-state index is 12.9. The van der Waals surface area contributed by atoms with Crippen LogP contribution in [0.3, 0.4) is 0 Å². The molecule has 0 saturated heterocycles. The molecule has 1 saturated carbocycles. The molecule has 0 bridgehead atoms. The Hall–Kier alpha value is -1.72. The number of anilines is 1. The molecule has 3 rings (SSSR count). The highest BCUT2D eigenvalue weighted by atomic mass is 79.9. The van der Waals surface area contributed by atoms with Gasteiger partial charge in [-0.25, -0.2) is 0 Å². The van der Waals surface area contributed by atoms with Gasteiger partial charge in [0.05, 0.1) is 30.3 Å². The van der Waals surface area contributed by atoms with E-state index in [2.05, 4.69) is 21.2 Å². The van der Waals surface area contributed by atoms with E-state index in [9.17, 15) is 4.79 Å². The molecule has 2 aromatic rings. The van der Waals surface area contributed by atoms with Crippen LogP contribution < -0.4 is 14.8 Å². The van der Waals surface area contributed by atoms with Crippen LogP contribution in [0.1, 0.15) is 18.4 Å². The first-order valence-electron chi connectivity index (χ1n) is 7.49.